The van der Waals surface area contributed by atoms with Gasteiger partial charge in [-0.05, 0) is 12.1 Å². The number of morpholine rings is 1. The van der Waals surface area contributed by atoms with E-state index in [1.165, 1.54) is 0 Å². The van der Waals surface area contributed by atoms with Crippen molar-refractivity contribution in [2.75, 3.05) is 24.6 Å². The number of hydrogen-bond acceptors (Lipinski definition) is 6. The number of H-pyrrole nitrogens is 1. The lowest BCUT2D eigenvalue weighted by Gasteiger charge is -2.33. The van der Waals surface area contributed by atoms with Crippen LogP contribution in [-0.2, 0) is 4.74 Å². The van der Waals surface area contributed by atoms with E-state index in [-0.39, 0.29) is 6.10 Å². The van der Waals surface area contributed by atoms with Crippen LogP contribution in [-0.4, -0.2) is 44.8 Å². The van der Waals surface area contributed by atoms with E-state index in [1.54, 1.807) is 24.8 Å². The number of pyridine rings is 1. The van der Waals surface area contributed by atoms with Gasteiger partial charge in [-0.2, -0.15) is 5.10 Å². The van der Waals surface area contributed by atoms with Crippen LogP contribution in [0.15, 0.2) is 36.9 Å². The van der Waals surface area contributed by atoms with Gasteiger partial charge in [0.2, 0.25) is 0 Å². The minimum atomic E-state index is -0.0741. The van der Waals surface area contributed by atoms with E-state index in [0.717, 1.165) is 23.4 Å². The SMILES string of the molecule is c1cnc2n[nH]c(C3CN(c4cnccn4)CCO3)c2c1. The first kappa shape index (κ1) is 12.2. The lowest BCUT2D eigenvalue weighted by atomic mass is 10.1. The number of ether oxygens (including phenoxy) is 1. The van der Waals surface area contributed by atoms with E-state index in [0.29, 0.717) is 18.8 Å². The minimum Gasteiger partial charge on any atom is -0.368 e. The van der Waals surface area contributed by atoms with Gasteiger partial charge < -0.3 is 9.64 Å². The quantitative estimate of drug-likeness (QED) is 0.763. The van der Waals surface area contributed by atoms with Gasteiger partial charge in [-0.3, -0.25) is 10.1 Å². The average molecular weight is 282 g/mol. The Morgan fingerprint density at radius 1 is 1.24 bits per heavy atom. The molecule has 0 aromatic carbocycles. The summed E-state index contributed by atoms with van der Waals surface area (Å²) in [4.78, 5) is 14.9. The van der Waals surface area contributed by atoms with Gasteiger partial charge in [0.15, 0.2) is 5.65 Å². The zero-order valence-electron chi connectivity index (χ0n) is 11.3. The Hall–Kier alpha value is -2.54. The van der Waals surface area contributed by atoms with Crippen molar-refractivity contribution < 1.29 is 4.74 Å². The Morgan fingerprint density at radius 3 is 3.14 bits per heavy atom. The molecule has 0 spiro atoms. The van der Waals surface area contributed by atoms with Crippen molar-refractivity contribution in [2.45, 2.75) is 6.10 Å². The summed E-state index contributed by atoms with van der Waals surface area (Å²) in [7, 11) is 0. The molecule has 0 saturated carbocycles. The number of aromatic amines is 1. The summed E-state index contributed by atoms with van der Waals surface area (Å²) in [6.07, 6.45) is 6.82. The predicted molar refractivity (Wildman–Crippen MR) is 76.8 cm³/mol. The molecule has 1 fully saturated rings. The molecule has 7 nitrogen and oxygen atoms in total. The first-order chi connectivity index (χ1) is 10.4. The van der Waals surface area contributed by atoms with E-state index < -0.39 is 0 Å². The zero-order chi connectivity index (χ0) is 14.1. The van der Waals surface area contributed by atoms with Gasteiger partial charge in [-0.1, -0.05) is 0 Å². The molecule has 3 aromatic rings. The number of hydrogen-bond donors (Lipinski definition) is 1. The van der Waals surface area contributed by atoms with Crippen LogP contribution in [0.5, 0.6) is 0 Å². The maximum atomic E-state index is 5.89. The molecule has 4 rings (SSSR count). The second-order valence-corrected chi connectivity index (χ2v) is 4.88. The van der Waals surface area contributed by atoms with Crippen LogP contribution >= 0.6 is 0 Å². The number of aromatic nitrogens is 5. The maximum absolute atomic E-state index is 5.89. The molecule has 1 saturated heterocycles. The van der Waals surface area contributed by atoms with E-state index in [4.69, 9.17) is 4.74 Å². The molecule has 7 heteroatoms. The molecule has 0 amide bonds. The summed E-state index contributed by atoms with van der Waals surface area (Å²) in [6, 6.07) is 3.91. The van der Waals surface area contributed by atoms with Crippen LogP contribution in [0.1, 0.15) is 11.8 Å². The van der Waals surface area contributed by atoms with E-state index >= 15 is 0 Å². The molecule has 1 atom stereocenters. The molecule has 1 N–H and O–H groups in total. The van der Waals surface area contributed by atoms with Crippen molar-refractivity contribution in [3.05, 3.63) is 42.6 Å². The summed E-state index contributed by atoms with van der Waals surface area (Å²) in [5.41, 5.74) is 1.68. The Bertz CT molecular complexity index is 743. The molecule has 1 aliphatic heterocycles. The minimum absolute atomic E-state index is 0.0741. The predicted octanol–water partition coefficient (Wildman–Crippen LogP) is 1.33. The average Bonchev–Trinajstić information content (AvgIpc) is 3.00. The maximum Gasteiger partial charge on any atom is 0.181 e. The van der Waals surface area contributed by atoms with E-state index in [1.807, 2.05) is 12.1 Å². The van der Waals surface area contributed by atoms with Crippen molar-refractivity contribution in [2.24, 2.45) is 0 Å². The first-order valence-electron chi connectivity index (χ1n) is 6.83. The zero-order valence-corrected chi connectivity index (χ0v) is 11.3. The fraction of sp³-hybridized carbons (Fsp3) is 0.286. The van der Waals surface area contributed by atoms with Crippen molar-refractivity contribution in [1.82, 2.24) is 25.1 Å². The number of anilines is 1. The van der Waals surface area contributed by atoms with Gasteiger partial charge in [0, 0.05) is 30.5 Å². The van der Waals surface area contributed by atoms with Gasteiger partial charge >= 0.3 is 0 Å². The topological polar surface area (TPSA) is 79.8 Å². The second-order valence-electron chi connectivity index (χ2n) is 4.88. The number of rotatable bonds is 2. The molecule has 106 valence electrons. The molecule has 0 bridgehead atoms. The smallest absolute Gasteiger partial charge is 0.181 e. The van der Waals surface area contributed by atoms with Crippen LogP contribution in [0, 0.1) is 0 Å². The first-order valence-corrected chi connectivity index (χ1v) is 6.83. The highest BCUT2D eigenvalue weighted by Crippen LogP contribution is 2.27. The fourth-order valence-electron chi connectivity index (χ4n) is 2.60. The molecule has 0 radical (unpaired) electrons. The molecule has 4 heterocycles. The molecule has 1 aliphatic rings. The lowest BCUT2D eigenvalue weighted by Crippen LogP contribution is -2.39. The van der Waals surface area contributed by atoms with Gasteiger partial charge in [-0.15, -0.1) is 0 Å². The van der Waals surface area contributed by atoms with Crippen molar-refractivity contribution in [1.29, 1.82) is 0 Å². The van der Waals surface area contributed by atoms with Crippen molar-refractivity contribution >= 4 is 16.9 Å². The summed E-state index contributed by atoms with van der Waals surface area (Å²) in [6.45, 7) is 2.16. The number of fused-ring (bicyclic) bond motifs is 1. The normalized spacial score (nSPS) is 19.0. The van der Waals surface area contributed by atoms with Gasteiger partial charge in [-0.25, -0.2) is 9.97 Å². The summed E-state index contributed by atoms with van der Waals surface area (Å²) in [5, 5.41) is 8.29. The molecular formula is C14H14N6O. The lowest BCUT2D eigenvalue weighted by molar-refractivity contribution is 0.0376. The monoisotopic (exact) mass is 282 g/mol. The van der Waals surface area contributed by atoms with Crippen LogP contribution in [0.2, 0.25) is 0 Å². The molecule has 0 aliphatic carbocycles. The Labute approximate surface area is 121 Å². The summed E-state index contributed by atoms with van der Waals surface area (Å²) >= 11 is 0. The van der Waals surface area contributed by atoms with Crippen molar-refractivity contribution in [3.8, 4) is 0 Å². The largest absolute Gasteiger partial charge is 0.368 e. The van der Waals surface area contributed by atoms with Gasteiger partial charge in [0.05, 0.1) is 25.0 Å². The van der Waals surface area contributed by atoms with Crippen molar-refractivity contribution in [3.63, 3.8) is 0 Å². The van der Waals surface area contributed by atoms with Crippen LogP contribution in [0.4, 0.5) is 5.82 Å². The van der Waals surface area contributed by atoms with Gasteiger partial charge in [0.1, 0.15) is 11.9 Å². The third kappa shape index (κ3) is 2.21. The molecule has 21 heavy (non-hydrogen) atoms. The highest BCUT2D eigenvalue weighted by Gasteiger charge is 2.26. The van der Waals surface area contributed by atoms with Gasteiger partial charge in [0.25, 0.3) is 0 Å². The third-order valence-corrected chi connectivity index (χ3v) is 3.62. The van der Waals surface area contributed by atoms with Crippen LogP contribution < -0.4 is 4.90 Å². The Kier molecular flexibility index (Phi) is 2.97. The summed E-state index contributed by atoms with van der Waals surface area (Å²) < 4.78 is 5.89. The Morgan fingerprint density at radius 2 is 2.24 bits per heavy atom. The van der Waals surface area contributed by atoms with E-state index in [2.05, 4.69) is 30.0 Å². The highest BCUT2D eigenvalue weighted by atomic mass is 16.5. The Balaban J connectivity index is 1.64. The highest BCUT2D eigenvalue weighted by molar-refractivity contribution is 5.77. The van der Waals surface area contributed by atoms with Crippen LogP contribution in [0.3, 0.4) is 0 Å². The third-order valence-electron chi connectivity index (χ3n) is 3.62. The number of nitrogens with one attached hydrogen (secondary N) is 1. The standard InChI is InChI=1S/C14H14N6O/c1-2-10-13(18-19-14(10)17-3-1)11-9-20(6-7-21-11)12-8-15-4-5-16-12/h1-5,8,11H,6-7,9H2,(H,17,18,19). The number of nitrogens with zero attached hydrogens (tertiary/aromatic N) is 5. The molecule has 3 aromatic heterocycles. The van der Waals surface area contributed by atoms with E-state index in [9.17, 15) is 0 Å². The van der Waals surface area contributed by atoms with Crippen LogP contribution in [0.25, 0.3) is 11.0 Å². The second kappa shape index (κ2) is 5.10. The summed E-state index contributed by atoms with van der Waals surface area (Å²) in [5.74, 6) is 0.868. The fourth-order valence-corrected chi connectivity index (χ4v) is 2.60. The molecular weight excluding hydrogens is 268 g/mol. The molecule has 1 unspecified atom stereocenters.